The van der Waals surface area contributed by atoms with Crippen LogP contribution in [0.2, 0.25) is 0 Å². The van der Waals surface area contributed by atoms with Crippen molar-refractivity contribution in [1.82, 2.24) is 15.5 Å². The second kappa shape index (κ2) is 7.33. The molecule has 0 aliphatic rings. The minimum Gasteiger partial charge on any atom is -0.369 e. The normalized spacial score (nSPS) is 11.2. The second-order valence-electron chi connectivity index (χ2n) is 4.88. The first-order valence-corrected chi connectivity index (χ1v) is 7.62. The topological polar surface area (TPSA) is 66.9 Å². The van der Waals surface area contributed by atoms with Gasteiger partial charge < -0.3 is 10.6 Å². The third kappa shape index (κ3) is 5.46. The molecule has 1 rings (SSSR count). The Balaban J connectivity index is 2.53. The molecule has 5 nitrogen and oxygen atoms in total. The second-order valence-corrected chi connectivity index (χ2v) is 6.39. The molecule has 0 aliphatic heterocycles. The van der Waals surface area contributed by atoms with E-state index in [1.165, 1.54) is 0 Å². The Labute approximate surface area is 119 Å². The van der Waals surface area contributed by atoms with E-state index in [-0.39, 0.29) is 10.7 Å². The lowest BCUT2D eigenvalue weighted by atomic mass is 10.2. The van der Waals surface area contributed by atoms with Crippen LogP contribution in [-0.2, 0) is 0 Å². The molecule has 0 spiro atoms. The summed E-state index contributed by atoms with van der Waals surface area (Å²) in [7, 11) is 0. The third-order valence-corrected chi connectivity index (χ3v) is 3.93. The van der Waals surface area contributed by atoms with Gasteiger partial charge in [-0.1, -0.05) is 6.92 Å². The molecule has 1 heterocycles. The number of nitrogens with one attached hydrogen (secondary N) is 2. The smallest absolute Gasteiger partial charge is 0.271 e. The highest BCUT2D eigenvalue weighted by Gasteiger charge is 2.18. The zero-order chi connectivity index (χ0) is 14.3. The summed E-state index contributed by atoms with van der Waals surface area (Å²) in [5, 5.41) is 13.9. The van der Waals surface area contributed by atoms with Crippen LogP contribution in [0.15, 0.2) is 12.1 Å². The molecule has 1 aromatic heterocycles. The number of aromatic nitrogens is 2. The van der Waals surface area contributed by atoms with Crippen LogP contribution < -0.4 is 10.6 Å². The van der Waals surface area contributed by atoms with Crippen LogP contribution in [0.5, 0.6) is 0 Å². The van der Waals surface area contributed by atoms with Gasteiger partial charge in [0.05, 0.1) is 0 Å². The largest absolute Gasteiger partial charge is 0.369 e. The summed E-state index contributed by atoms with van der Waals surface area (Å²) in [6.07, 6.45) is 3.05. The van der Waals surface area contributed by atoms with Gasteiger partial charge in [-0.3, -0.25) is 4.79 Å². The fourth-order valence-electron chi connectivity index (χ4n) is 1.26. The number of carbonyl (C=O) groups excluding carboxylic acids is 1. The molecule has 6 heteroatoms. The van der Waals surface area contributed by atoms with E-state index in [1.54, 1.807) is 23.9 Å². The van der Waals surface area contributed by atoms with Gasteiger partial charge in [-0.05, 0) is 38.7 Å². The predicted molar refractivity (Wildman–Crippen MR) is 80.7 cm³/mol. The molecular formula is C13H22N4OS. The van der Waals surface area contributed by atoms with Gasteiger partial charge in [-0.25, -0.2) is 0 Å². The first-order valence-electron chi connectivity index (χ1n) is 6.39. The molecule has 19 heavy (non-hydrogen) atoms. The molecule has 106 valence electrons. The highest BCUT2D eigenvalue weighted by atomic mass is 32.2. The molecule has 1 amide bonds. The average molecular weight is 282 g/mol. The van der Waals surface area contributed by atoms with Crippen LogP contribution in [-0.4, -0.2) is 40.2 Å². The zero-order valence-electron chi connectivity index (χ0n) is 12.0. The maximum absolute atomic E-state index is 11.9. The number of amides is 1. The van der Waals surface area contributed by atoms with Crippen LogP contribution in [0.25, 0.3) is 0 Å². The average Bonchev–Trinajstić information content (AvgIpc) is 2.43. The Morgan fingerprint density at radius 2 is 2.11 bits per heavy atom. The molecule has 0 atom stereocenters. The van der Waals surface area contributed by atoms with Crippen molar-refractivity contribution in [3.8, 4) is 0 Å². The van der Waals surface area contributed by atoms with E-state index in [0.29, 0.717) is 18.1 Å². The number of thioether (sulfide) groups is 1. The molecule has 0 unspecified atom stereocenters. The summed E-state index contributed by atoms with van der Waals surface area (Å²) in [6.45, 7) is 7.70. The van der Waals surface area contributed by atoms with E-state index in [0.717, 1.165) is 13.0 Å². The van der Waals surface area contributed by atoms with E-state index in [9.17, 15) is 4.79 Å². The van der Waals surface area contributed by atoms with Crippen molar-refractivity contribution in [2.75, 3.05) is 24.7 Å². The van der Waals surface area contributed by atoms with E-state index >= 15 is 0 Å². The van der Waals surface area contributed by atoms with Crippen molar-refractivity contribution in [1.29, 1.82) is 0 Å². The SMILES string of the molecule is CCCNc1ccc(C(=O)NCC(C)(C)SC)nn1. The molecule has 0 radical (unpaired) electrons. The molecule has 2 N–H and O–H groups in total. The zero-order valence-corrected chi connectivity index (χ0v) is 12.8. The Hall–Kier alpha value is -1.30. The minimum atomic E-state index is -0.184. The maximum Gasteiger partial charge on any atom is 0.271 e. The van der Waals surface area contributed by atoms with Gasteiger partial charge in [0.1, 0.15) is 5.82 Å². The van der Waals surface area contributed by atoms with Crippen molar-refractivity contribution >= 4 is 23.5 Å². The van der Waals surface area contributed by atoms with Crippen LogP contribution in [0.4, 0.5) is 5.82 Å². The van der Waals surface area contributed by atoms with Crippen molar-refractivity contribution < 1.29 is 4.79 Å². The molecule has 0 bridgehead atoms. The molecule has 0 saturated heterocycles. The summed E-state index contributed by atoms with van der Waals surface area (Å²) in [4.78, 5) is 11.9. The Bertz CT molecular complexity index is 406. The van der Waals surface area contributed by atoms with Gasteiger partial charge in [-0.2, -0.15) is 11.8 Å². The number of rotatable bonds is 7. The number of hydrogen-bond donors (Lipinski definition) is 2. The van der Waals surface area contributed by atoms with Gasteiger partial charge in [0.15, 0.2) is 5.69 Å². The highest BCUT2D eigenvalue weighted by molar-refractivity contribution is 7.99. The van der Waals surface area contributed by atoms with E-state index in [1.807, 2.05) is 6.26 Å². The lowest BCUT2D eigenvalue weighted by Gasteiger charge is -2.21. The number of hydrogen-bond acceptors (Lipinski definition) is 5. The lowest BCUT2D eigenvalue weighted by Crippen LogP contribution is -2.36. The third-order valence-electron chi connectivity index (χ3n) is 2.68. The Morgan fingerprint density at radius 3 is 2.63 bits per heavy atom. The van der Waals surface area contributed by atoms with Crippen LogP contribution in [0.3, 0.4) is 0 Å². The van der Waals surface area contributed by atoms with Gasteiger partial charge in [0.25, 0.3) is 5.91 Å². The van der Waals surface area contributed by atoms with Crippen molar-refractivity contribution in [2.45, 2.75) is 31.9 Å². The Morgan fingerprint density at radius 1 is 1.37 bits per heavy atom. The molecular weight excluding hydrogens is 260 g/mol. The van der Waals surface area contributed by atoms with Gasteiger partial charge in [0, 0.05) is 17.8 Å². The maximum atomic E-state index is 11.9. The predicted octanol–water partition coefficient (Wildman–Crippen LogP) is 2.17. The number of anilines is 1. The highest BCUT2D eigenvalue weighted by Crippen LogP contribution is 2.19. The minimum absolute atomic E-state index is 0.0196. The van der Waals surface area contributed by atoms with E-state index in [2.05, 4.69) is 41.6 Å². The fraction of sp³-hybridized carbons (Fsp3) is 0.615. The summed E-state index contributed by atoms with van der Waals surface area (Å²) in [5.74, 6) is 0.513. The van der Waals surface area contributed by atoms with Gasteiger partial charge in [-0.15, -0.1) is 10.2 Å². The fourth-order valence-corrected chi connectivity index (χ4v) is 1.47. The first-order chi connectivity index (χ1) is 8.98. The van der Waals surface area contributed by atoms with Crippen molar-refractivity contribution in [2.24, 2.45) is 0 Å². The van der Waals surface area contributed by atoms with E-state index < -0.39 is 0 Å². The van der Waals surface area contributed by atoms with Crippen LogP contribution >= 0.6 is 11.8 Å². The van der Waals surface area contributed by atoms with E-state index in [4.69, 9.17) is 0 Å². The molecule has 0 aliphatic carbocycles. The molecule has 0 fully saturated rings. The van der Waals surface area contributed by atoms with Gasteiger partial charge in [0.2, 0.25) is 0 Å². The standard InChI is InChI=1S/C13H22N4OS/c1-5-8-14-11-7-6-10(16-17-11)12(18)15-9-13(2,3)19-4/h6-7H,5,8-9H2,1-4H3,(H,14,17)(H,15,18). The number of nitrogens with zero attached hydrogens (tertiary/aromatic N) is 2. The van der Waals surface area contributed by atoms with Crippen molar-refractivity contribution in [3.63, 3.8) is 0 Å². The molecule has 0 saturated carbocycles. The quantitative estimate of drug-likeness (QED) is 0.802. The number of carbonyl (C=O) groups is 1. The molecule has 1 aromatic rings. The molecule has 0 aromatic carbocycles. The van der Waals surface area contributed by atoms with Gasteiger partial charge >= 0.3 is 0 Å². The van der Waals surface area contributed by atoms with Crippen LogP contribution in [0, 0.1) is 0 Å². The summed E-state index contributed by atoms with van der Waals surface area (Å²) >= 11 is 1.72. The Kier molecular flexibility index (Phi) is 6.08. The lowest BCUT2D eigenvalue weighted by molar-refractivity contribution is 0.0945. The summed E-state index contributed by atoms with van der Waals surface area (Å²) < 4.78 is 0.0196. The van der Waals surface area contributed by atoms with Crippen molar-refractivity contribution in [3.05, 3.63) is 17.8 Å². The summed E-state index contributed by atoms with van der Waals surface area (Å²) in [5.41, 5.74) is 0.346. The summed E-state index contributed by atoms with van der Waals surface area (Å²) in [6, 6.07) is 3.46. The van der Waals surface area contributed by atoms with Crippen LogP contribution in [0.1, 0.15) is 37.7 Å². The first kappa shape index (κ1) is 15.8. The monoisotopic (exact) mass is 282 g/mol.